The number of nitrogens with zero attached hydrogens (tertiary/aromatic N) is 2. The van der Waals surface area contributed by atoms with Gasteiger partial charge in [0.05, 0.1) is 18.0 Å². The molecule has 38 heavy (non-hydrogen) atoms. The van der Waals surface area contributed by atoms with Crippen LogP contribution in [0, 0.1) is 0 Å². The van der Waals surface area contributed by atoms with E-state index in [1.807, 2.05) is 109 Å². The second kappa shape index (κ2) is 12.6. The second-order valence-electron chi connectivity index (χ2n) is 8.67. The van der Waals surface area contributed by atoms with Gasteiger partial charge in [-0.1, -0.05) is 111 Å². The van der Waals surface area contributed by atoms with Gasteiger partial charge in [-0.3, -0.25) is 14.7 Å². The summed E-state index contributed by atoms with van der Waals surface area (Å²) in [5, 5.41) is 0.717. The van der Waals surface area contributed by atoms with E-state index in [4.69, 9.17) is 9.73 Å². The number of amidine groups is 1. The maximum atomic E-state index is 13.4. The van der Waals surface area contributed by atoms with Crippen LogP contribution in [0.2, 0.25) is 0 Å². The molecular weight excluding hydrogens is 624 g/mol. The number of rotatable bonds is 8. The number of aliphatic imine (C=N–C) groups is 1. The van der Waals surface area contributed by atoms with Crippen molar-refractivity contribution in [2.24, 2.45) is 4.99 Å². The molecule has 0 radical (unpaired) electrons. The van der Waals surface area contributed by atoms with Gasteiger partial charge in [-0.25, -0.2) is 0 Å². The first-order chi connectivity index (χ1) is 18.5. The van der Waals surface area contributed by atoms with Crippen molar-refractivity contribution in [3.05, 3.63) is 139 Å². The number of benzene rings is 4. The highest BCUT2D eigenvalue weighted by Crippen LogP contribution is 2.34. The van der Waals surface area contributed by atoms with Crippen LogP contribution in [0.25, 0.3) is 6.08 Å². The third kappa shape index (κ3) is 6.84. The standard InChI is InChI=1S/C31H24Br2N2O2S/c32-26-14-13-25(28(33)18-26)21-37-27-15-11-22(12-16-27)17-29-30(36)35(20-24-9-5-2-6-10-24)31(38-29)34-19-23-7-3-1-4-8-23/h1-18H,19-21H2/b29-17-,34-31?. The summed E-state index contributed by atoms with van der Waals surface area (Å²) < 4.78 is 7.98. The summed E-state index contributed by atoms with van der Waals surface area (Å²) in [7, 11) is 0. The first-order valence-corrected chi connectivity index (χ1v) is 14.5. The number of hydrogen-bond donors (Lipinski definition) is 0. The number of ether oxygens (including phenoxy) is 1. The van der Waals surface area contributed by atoms with E-state index in [0.29, 0.717) is 29.8 Å². The maximum Gasteiger partial charge on any atom is 0.267 e. The lowest BCUT2D eigenvalue weighted by Crippen LogP contribution is -2.28. The summed E-state index contributed by atoms with van der Waals surface area (Å²) >= 11 is 8.47. The molecule has 1 amide bonds. The quantitative estimate of drug-likeness (QED) is 0.180. The van der Waals surface area contributed by atoms with E-state index in [0.717, 1.165) is 36.9 Å². The summed E-state index contributed by atoms with van der Waals surface area (Å²) in [5.41, 5.74) is 4.17. The number of carbonyl (C=O) groups excluding carboxylic acids is 1. The first kappa shape index (κ1) is 26.5. The van der Waals surface area contributed by atoms with Crippen LogP contribution in [0.5, 0.6) is 5.75 Å². The Balaban J connectivity index is 1.31. The Hall–Kier alpha value is -3.13. The molecule has 4 aromatic carbocycles. The van der Waals surface area contributed by atoms with Gasteiger partial charge >= 0.3 is 0 Å². The minimum atomic E-state index is -0.0360. The summed E-state index contributed by atoms with van der Waals surface area (Å²) in [6.45, 7) is 1.46. The molecule has 1 saturated heterocycles. The molecule has 0 spiro atoms. The van der Waals surface area contributed by atoms with Gasteiger partial charge in [0.15, 0.2) is 5.17 Å². The molecule has 0 bridgehead atoms. The van der Waals surface area contributed by atoms with Crippen LogP contribution < -0.4 is 4.74 Å². The molecule has 0 unspecified atom stereocenters. The first-order valence-electron chi connectivity index (χ1n) is 12.1. The average molecular weight is 648 g/mol. The van der Waals surface area contributed by atoms with Crippen molar-refractivity contribution in [3.63, 3.8) is 0 Å². The van der Waals surface area contributed by atoms with E-state index in [-0.39, 0.29) is 5.91 Å². The molecule has 0 N–H and O–H groups in total. The number of amides is 1. The molecular formula is C31H24Br2N2O2S. The van der Waals surface area contributed by atoms with Crippen LogP contribution in [0.4, 0.5) is 0 Å². The van der Waals surface area contributed by atoms with Gasteiger partial charge < -0.3 is 4.74 Å². The Morgan fingerprint density at radius 2 is 1.53 bits per heavy atom. The highest BCUT2D eigenvalue weighted by Gasteiger charge is 2.33. The van der Waals surface area contributed by atoms with Gasteiger partial charge in [0.2, 0.25) is 0 Å². The van der Waals surface area contributed by atoms with Crippen molar-refractivity contribution in [1.29, 1.82) is 0 Å². The number of carbonyl (C=O) groups is 1. The molecule has 1 fully saturated rings. The van der Waals surface area contributed by atoms with Gasteiger partial charge in [0.25, 0.3) is 5.91 Å². The number of hydrogen-bond acceptors (Lipinski definition) is 4. The van der Waals surface area contributed by atoms with Crippen LogP contribution in [0.3, 0.4) is 0 Å². The van der Waals surface area contributed by atoms with Crippen molar-refractivity contribution in [3.8, 4) is 5.75 Å². The zero-order valence-electron chi connectivity index (χ0n) is 20.4. The molecule has 0 saturated carbocycles. The van der Waals surface area contributed by atoms with Crippen LogP contribution >= 0.6 is 43.6 Å². The molecule has 1 heterocycles. The minimum absolute atomic E-state index is 0.0360. The largest absolute Gasteiger partial charge is 0.489 e. The Labute approximate surface area is 243 Å². The van der Waals surface area contributed by atoms with E-state index >= 15 is 0 Å². The van der Waals surface area contributed by atoms with E-state index < -0.39 is 0 Å². The van der Waals surface area contributed by atoms with E-state index in [9.17, 15) is 4.79 Å². The average Bonchev–Trinajstić information content (AvgIpc) is 3.22. The van der Waals surface area contributed by atoms with E-state index in [1.54, 1.807) is 4.90 Å². The highest BCUT2D eigenvalue weighted by atomic mass is 79.9. The highest BCUT2D eigenvalue weighted by molar-refractivity contribution is 9.11. The summed E-state index contributed by atoms with van der Waals surface area (Å²) in [4.78, 5) is 20.7. The summed E-state index contributed by atoms with van der Waals surface area (Å²) in [6.07, 6.45) is 1.92. The molecule has 1 aliphatic rings. The summed E-state index contributed by atoms with van der Waals surface area (Å²) in [5.74, 6) is 0.731. The smallest absolute Gasteiger partial charge is 0.267 e. The lowest BCUT2D eigenvalue weighted by atomic mass is 10.2. The van der Waals surface area contributed by atoms with Gasteiger partial charge in [0, 0.05) is 14.5 Å². The molecule has 1 aliphatic heterocycles. The molecule has 0 aromatic heterocycles. The fourth-order valence-electron chi connectivity index (χ4n) is 3.89. The van der Waals surface area contributed by atoms with E-state index in [1.165, 1.54) is 11.8 Å². The fraction of sp³-hybridized carbons (Fsp3) is 0.0968. The molecule has 190 valence electrons. The van der Waals surface area contributed by atoms with Crippen molar-refractivity contribution in [2.45, 2.75) is 19.7 Å². The topological polar surface area (TPSA) is 41.9 Å². The molecule has 7 heteroatoms. The lowest BCUT2D eigenvalue weighted by Gasteiger charge is -2.15. The monoisotopic (exact) mass is 646 g/mol. The third-order valence-corrected chi connectivity index (χ3v) is 8.17. The zero-order chi connectivity index (χ0) is 26.3. The van der Waals surface area contributed by atoms with E-state index in [2.05, 4.69) is 31.9 Å². The SMILES string of the molecule is O=C1/C(=C/c2ccc(OCc3ccc(Br)cc3Br)cc2)SC(=NCc2ccccc2)N1Cc1ccccc1. The molecule has 0 atom stereocenters. The lowest BCUT2D eigenvalue weighted by molar-refractivity contribution is -0.122. The van der Waals surface area contributed by atoms with Crippen molar-refractivity contribution in [2.75, 3.05) is 0 Å². The summed E-state index contributed by atoms with van der Waals surface area (Å²) in [6, 6.07) is 33.9. The molecule has 0 aliphatic carbocycles. The predicted molar refractivity (Wildman–Crippen MR) is 163 cm³/mol. The normalized spacial score (nSPS) is 15.4. The third-order valence-electron chi connectivity index (χ3n) is 5.90. The zero-order valence-corrected chi connectivity index (χ0v) is 24.4. The van der Waals surface area contributed by atoms with Crippen LogP contribution in [-0.4, -0.2) is 16.0 Å². The minimum Gasteiger partial charge on any atom is -0.489 e. The Morgan fingerprint density at radius 1 is 0.842 bits per heavy atom. The Kier molecular flexibility index (Phi) is 8.79. The number of halogens is 2. The van der Waals surface area contributed by atoms with Crippen molar-refractivity contribution in [1.82, 2.24) is 4.90 Å². The predicted octanol–water partition coefficient (Wildman–Crippen LogP) is 8.46. The van der Waals surface area contributed by atoms with Gasteiger partial charge in [-0.2, -0.15) is 0 Å². The van der Waals surface area contributed by atoms with Crippen molar-refractivity contribution >= 4 is 60.8 Å². The fourth-order valence-corrected chi connectivity index (χ4v) is 6.02. The second-order valence-corrected chi connectivity index (χ2v) is 11.4. The molecule has 5 rings (SSSR count). The van der Waals surface area contributed by atoms with Crippen LogP contribution in [0.1, 0.15) is 22.3 Å². The van der Waals surface area contributed by atoms with Crippen molar-refractivity contribution < 1.29 is 9.53 Å². The Morgan fingerprint density at radius 3 is 2.21 bits per heavy atom. The molecule has 4 nitrogen and oxygen atoms in total. The van der Waals surface area contributed by atoms with Gasteiger partial charge in [-0.15, -0.1) is 0 Å². The van der Waals surface area contributed by atoms with Gasteiger partial charge in [-0.05, 0) is 58.8 Å². The Bertz CT molecular complexity index is 1470. The molecule has 4 aromatic rings. The van der Waals surface area contributed by atoms with Crippen LogP contribution in [-0.2, 0) is 24.5 Å². The van der Waals surface area contributed by atoms with Gasteiger partial charge in [0.1, 0.15) is 12.4 Å². The number of thioether (sulfide) groups is 1. The van der Waals surface area contributed by atoms with Crippen LogP contribution in [0.15, 0.2) is 122 Å². The maximum absolute atomic E-state index is 13.4.